The van der Waals surface area contributed by atoms with Crippen LogP contribution in [0.25, 0.3) is 22.5 Å². The molecule has 0 amide bonds. The van der Waals surface area contributed by atoms with Crippen molar-refractivity contribution < 1.29 is 0 Å². The summed E-state index contributed by atoms with van der Waals surface area (Å²) in [5.41, 5.74) is 3.43. The second-order valence-corrected chi connectivity index (χ2v) is 3.66. The topological polar surface area (TPSA) is 64.5 Å². The molecule has 0 atom stereocenters. The monoisotopic (exact) mass is 265 g/mol. The van der Waals surface area contributed by atoms with Gasteiger partial charge in [-0.25, -0.2) is 24.9 Å². The minimum Gasteiger partial charge on any atom is -0.248 e. The molecule has 0 saturated carbocycles. The Bertz CT molecular complexity index is 586. The van der Waals surface area contributed by atoms with Crippen molar-refractivity contribution in [2.24, 2.45) is 0 Å². The molecule has 3 aromatic heterocycles. The van der Waals surface area contributed by atoms with Gasteiger partial charge in [0.2, 0.25) is 0 Å². The van der Waals surface area contributed by atoms with Crippen LogP contribution < -0.4 is 0 Å². The molecule has 0 spiro atoms. The predicted octanol–water partition coefficient (Wildman–Crippen LogP) is 3.02. The van der Waals surface area contributed by atoms with Crippen LogP contribution in [0.2, 0.25) is 0 Å². The third kappa shape index (κ3) is 3.20. The lowest BCUT2D eigenvalue weighted by atomic mass is 10.1. The van der Waals surface area contributed by atoms with Gasteiger partial charge in [-0.2, -0.15) is 0 Å². The van der Waals surface area contributed by atoms with Crippen molar-refractivity contribution in [3.05, 3.63) is 55.6 Å². The summed E-state index contributed by atoms with van der Waals surface area (Å²) in [5, 5.41) is 0. The highest BCUT2D eigenvalue weighted by atomic mass is 14.8. The van der Waals surface area contributed by atoms with E-state index in [2.05, 4.69) is 24.9 Å². The Morgan fingerprint density at radius 2 is 1.05 bits per heavy atom. The molecule has 0 fully saturated rings. The van der Waals surface area contributed by atoms with Crippen molar-refractivity contribution in [1.29, 1.82) is 0 Å². The van der Waals surface area contributed by atoms with E-state index in [0.717, 1.165) is 22.5 Å². The number of pyridine rings is 1. The third-order valence-corrected chi connectivity index (χ3v) is 2.46. The van der Waals surface area contributed by atoms with Crippen molar-refractivity contribution in [2.45, 2.75) is 13.8 Å². The molecule has 0 N–H and O–H groups in total. The molecule has 0 aliphatic heterocycles. The Kier molecular flexibility index (Phi) is 4.83. The molecule has 0 aliphatic rings. The van der Waals surface area contributed by atoms with Gasteiger partial charge in [-0.1, -0.05) is 19.9 Å². The zero-order valence-corrected chi connectivity index (χ0v) is 11.4. The number of hydrogen-bond donors (Lipinski definition) is 0. The van der Waals surface area contributed by atoms with Gasteiger partial charge < -0.3 is 0 Å². The van der Waals surface area contributed by atoms with Crippen LogP contribution in [0.15, 0.2) is 55.6 Å². The molecule has 0 bridgehead atoms. The normalized spacial score (nSPS) is 9.50. The molecule has 3 aromatic rings. The average Bonchev–Trinajstić information content (AvgIpc) is 2.58. The lowest BCUT2D eigenvalue weighted by Crippen LogP contribution is -1.90. The minimum absolute atomic E-state index is 0.831. The molecule has 100 valence electrons. The second-order valence-electron chi connectivity index (χ2n) is 3.66. The molecule has 3 rings (SSSR count). The van der Waals surface area contributed by atoms with E-state index in [-0.39, 0.29) is 0 Å². The van der Waals surface area contributed by atoms with E-state index in [1.54, 1.807) is 24.8 Å². The minimum atomic E-state index is 0.831. The summed E-state index contributed by atoms with van der Waals surface area (Å²) in [7, 11) is 0. The summed E-state index contributed by atoms with van der Waals surface area (Å²) in [6.07, 6.45) is 9.94. The summed E-state index contributed by atoms with van der Waals surface area (Å²) in [4.78, 5) is 20.5. The summed E-state index contributed by atoms with van der Waals surface area (Å²) in [5.74, 6) is 0. The standard InChI is InChI=1S/C13H9N5.C2H6/c1-2-12(10-4-14-8-15-5-10)18-13(3-1)11-6-16-9-17-7-11;1-2/h1-9H;1-2H3. The van der Waals surface area contributed by atoms with Crippen LogP contribution in [-0.4, -0.2) is 24.9 Å². The maximum absolute atomic E-state index is 4.55. The Morgan fingerprint density at radius 1 is 0.650 bits per heavy atom. The van der Waals surface area contributed by atoms with E-state index in [0.29, 0.717) is 0 Å². The summed E-state index contributed by atoms with van der Waals surface area (Å²) in [6, 6.07) is 5.79. The van der Waals surface area contributed by atoms with E-state index >= 15 is 0 Å². The Balaban J connectivity index is 0.000000704. The molecule has 5 heteroatoms. The van der Waals surface area contributed by atoms with Crippen LogP contribution in [0.4, 0.5) is 0 Å². The highest BCUT2D eigenvalue weighted by Crippen LogP contribution is 2.20. The van der Waals surface area contributed by atoms with Gasteiger partial charge in [0.05, 0.1) is 11.4 Å². The van der Waals surface area contributed by atoms with Gasteiger partial charge in [0.15, 0.2) is 0 Å². The summed E-state index contributed by atoms with van der Waals surface area (Å²) in [6.45, 7) is 4.00. The summed E-state index contributed by atoms with van der Waals surface area (Å²) >= 11 is 0. The molecule has 5 nitrogen and oxygen atoms in total. The van der Waals surface area contributed by atoms with Crippen LogP contribution in [0, 0.1) is 0 Å². The van der Waals surface area contributed by atoms with Crippen LogP contribution in [0.1, 0.15) is 13.8 Å². The summed E-state index contributed by atoms with van der Waals surface area (Å²) < 4.78 is 0. The third-order valence-electron chi connectivity index (χ3n) is 2.46. The zero-order valence-electron chi connectivity index (χ0n) is 11.4. The highest BCUT2D eigenvalue weighted by molar-refractivity contribution is 5.63. The highest BCUT2D eigenvalue weighted by Gasteiger charge is 2.03. The fraction of sp³-hybridized carbons (Fsp3) is 0.133. The van der Waals surface area contributed by atoms with E-state index in [9.17, 15) is 0 Å². The molecule has 20 heavy (non-hydrogen) atoms. The van der Waals surface area contributed by atoms with Gasteiger partial charge in [-0.3, -0.25) is 0 Å². The van der Waals surface area contributed by atoms with Gasteiger partial charge in [0.1, 0.15) is 12.7 Å². The number of aromatic nitrogens is 5. The largest absolute Gasteiger partial charge is 0.248 e. The fourth-order valence-corrected chi connectivity index (χ4v) is 1.62. The van der Waals surface area contributed by atoms with Gasteiger partial charge in [0, 0.05) is 35.9 Å². The molecular formula is C15H15N5. The SMILES string of the molecule is CC.c1cc(-c2cncnc2)nc(-c2cncnc2)c1. The molecule has 0 unspecified atom stereocenters. The molecular weight excluding hydrogens is 250 g/mol. The van der Waals surface area contributed by atoms with Crippen LogP contribution in [0.5, 0.6) is 0 Å². The van der Waals surface area contributed by atoms with Gasteiger partial charge in [0.25, 0.3) is 0 Å². The van der Waals surface area contributed by atoms with Gasteiger partial charge >= 0.3 is 0 Å². The van der Waals surface area contributed by atoms with Crippen molar-refractivity contribution in [3.8, 4) is 22.5 Å². The quantitative estimate of drug-likeness (QED) is 0.712. The number of nitrogens with zero attached hydrogens (tertiary/aromatic N) is 5. The molecule has 3 heterocycles. The Morgan fingerprint density at radius 3 is 1.45 bits per heavy atom. The molecule has 0 radical (unpaired) electrons. The van der Waals surface area contributed by atoms with Crippen molar-refractivity contribution >= 4 is 0 Å². The van der Waals surface area contributed by atoms with Crippen molar-refractivity contribution in [1.82, 2.24) is 24.9 Å². The van der Waals surface area contributed by atoms with Gasteiger partial charge in [-0.05, 0) is 12.1 Å². The first-order chi connectivity index (χ1) is 9.93. The van der Waals surface area contributed by atoms with Crippen LogP contribution >= 0.6 is 0 Å². The van der Waals surface area contributed by atoms with Crippen LogP contribution in [0.3, 0.4) is 0 Å². The predicted molar refractivity (Wildman–Crippen MR) is 77.6 cm³/mol. The zero-order chi connectivity index (χ0) is 14.2. The first-order valence-corrected chi connectivity index (χ1v) is 6.41. The van der Waals surface area contributed by atoms with Crippen molar-refractivity contribution in [3.63, 3.8) is 0 Å². The maximum atomic E-state index is 4.55. The smallest absolute Gasteiger partial charge is 0.115 e. The van der Waals surface area contributed by atoms with Crippen molar-refractivity contribution in [2.75, 3.05) is 0 Å². The van der Waals surface area contributed by atoms with E-state index in [4.69, 9.17) is 0 Å². The lowest BCUT2D eigenvalue weighted by Gasteiger charge is -2.03. The average molecular weight is 265 g/mol. The Hall–Kier alpha value is -2.69. The Labute approximate surface area is 117 Å². The molecule has 0 aromatic carbocycles. The second kappa shape index (κ2) is 7.04. The number of rotatable bonds is 2. The maximum Gasteiger partial charge on any atom is 0.115 e. The van der Waals surface area contributed by atoms with E-state index < -0.39 is 0 Å². The van der Waals surface area contributed by atoms with E-state index in [1.165, 1.54) is 12.7 Å². The van der Waals surface area contributed by atoms with Gasteiger partial charge in [-0.15, -0.1) is 0 Å². The number of hydrogen-bond acceptors (Lipinski definition) is 5. The first-order valence-electron chi connectivity index (χ1n) is 6.41. The van der Waals surface area contributed by atoms with E-state index in [1.807, 2.05) is 32.0 Å². The lowest BCUT2D eigenvalue weighted by molar-refractivity contribution is 1.15. The molecule has 0 aliphatic carbocycles. The van der Waals surface area contributed by atoms with Crippen LogP contribution in [-0.2, 0) is 0 Å². The fourth-order valence-electron chi connectivity index (χ4n) is 1.62. The first kappa shape index (κ1) is 13.7. The molecule has 0 saturated heterocycles.